The maximum Gasteiger partial charge on any atom is 0.416 e. The molecule has 0 radical (unpaired) electrons. The van der Waals surface area contributed by atoms with Crippen LogP contribution in [-0.2, 0) is 17.3 Å². The monoisotopic (exact) mass is 521 g/mol. The highest BCUT2D eigenvalue weighted by Crippen LogP contribution is 2.41. The molecule has 2 aromatic rings. The van der Waals surface area contributed by atoms with Crippen molar-refractivity contribution in [2.45, 2.75) is 69.2 Å². The Kier molecular flexibility index (Phi) is 6.36. The van der Waals surface area contributed by atoms with Gasteiger partial charge in [0.15, 0.2) is 0 Å². The molecule has 1 aliphatic heterocycles. The molecular formula is C25H26F3N3O6. The fourth-order valence-electron chi connectivity index (χ4n) is 5.99. The van der Waals surface area contributed by atoms with Gasteiger partial charge in [0.05, 0.1) is 18.2 Å². The molecule has 1 N–H and O–H groups in total. The van der Waals surface area contributed by atoms with Crippen LogP contribution in [0.1, 0.15) is 77.7 Å². The molecule has 37 heavy (non-hydrogen) atoms. The van der Waals surface area contributed by atoms with Gasteiger partial charge in [-0.25, -0.2) is 14.4 Å². The van der Waals surface area contributed by atoms with Crippen LogP contribution in [0.4, 0.5) is 18.0 Å². The van der Waals surface area contributed by atoms with Crippen molar-refractivity contribution >= 4 is 12.1 Å². The molecular weight excluding hydrogens is 495 g/mol. The Hall–Kier alpha value is -3.57. The van der Waals surface area contributed by atoms with E-state index in [-0.39, 0.29) is 36.1 Å². The number of cyclic esters (lactones) is 1. The van der Waals surface area contributed by atoms with Gasteiger partial charge in [0.1, 0.15) is 5.56 Å². The van der Waals surface area contributed by atoms with Gasteiger partial charge in [0.2, 0.25) is 0 Å². The summed E-state index contributed by atoms with van der Waals surface area (Å²) in [5.74, 6) is -1.51. The van der Waals surface area contributed by atoms with Gasteiger partial charge in [-0.15, -0.1) is 0 Å². The Bertz CT molecular complexity index is 1360. The number of carbonyl (C=O) groups is 2. The van der Waals surface area contributed by atoms with E-state index in [2.05, 4.69) is 0 Å². The highest BCUT2D eigenvalue weighted by molar-refractivity contribution is 5.86. The van der Waals surface area contributed by atoms with Gasteiger partial charge in [0, 0.05) is 24.8 Å². The number of alkyl halides is 3. The Morgan fingerprint density at radius 3 is 2.38 bits per heavy atom. The smallest absolute Gasteiger partial charge is 0.416 e. The first-order valence-electron chi connectivity index (χ1n) is 12.3. The number of amides is 1. The van der Waals surface area contributed by atoms with Crippen molar-refractivity contribution in [2.24, 2.45) is 0 Å². The third kappa shape index (κ3) is 4.42. The van der Waals surface area contributed by atoms with Crippen molar-refractivity contribution in [3.05, 3.63) is 67.5 Å². The molecule has 9 nitrogen and oxygen atoms in total. The molecule has 3 aliphatic rings. The largest absolute Gasteiger partial charge is 0.477 e. The van der Waals surface area contributed by atoms with Crippen LogP contribution in [0.3, 0.4) is 0 Å². The van der Waals surface area contributed by atoms with Gasteiger partial charge in [0.25, 0.3) is 5.56 Å². The van der Waals surface area contributed by atoms with Crippen molar-refractivity contribution in [1.29, 1.82) is 0 Å². The van der Waals surface area contributed by atoms with Gasteiger partial charge in [-0.1, -0.05) is 12.1 Å². The van der Waals surface area contributed by atoms with Crippen molar-refractivity contribution in [3.8, 4) is 0 Å². The Labute approximate surface area is 209 Å². The van der Waals surface area contributed by atoms with E-state index < -0.39 is 46.6 Å². The molecule has 1 atom stereocenters. The quantitative estimate of drug-likeness (QED) is 0.659. The van der Waals surface area contributed by atoms with Crippen molar-refractivity contribution in [2.75, 3.05) is 13.2 Å². The Morgan fingerprint density at radius 2 is 1.73 bits per heavy atom. The zero-order valence-electron chi connectivity index (χ0n) is 19.9. The fraction of sp³-hybridized carbons (Fsp3) is 0.520. The zero-order valence-corrected chi connectivity index (χ0v) is 19.9. The number of hydrogen-bond acceptors (Lipinski definition) is 5. The highest BCUT2D eigenvalue weighted by atomic mass is 19.4. The van der Waals surface area contributed by atoms with E-state index in [1.54, 1.807) is 4.90 Å². The van der Waals surface area contributed by atoms with Crippen molar-refractivity contribution < 1.29 is 32.6 Å². The minimum absolute atomic E-state index is 0.00983. The average Bonchev–Trinajstić information content (AvgIpc) is 3.28. The molecule has 1 saturated heterocycles. The number of carboxylic acids is 1. The molecule has 198 valence electrons. The van der Waals surface area contributed by atoms with Crippen LogP contribution < -0.4 is 11.2 Å². The minimum Gasteiger partial charge on any atom is -0.477 e. The summed E-state index contributed by atoms with van der Waals surface area (Å²) < 4.78 is 47.8. The first-order valence-corrected chi connectivity index (χ1v) is 12.3. The summed E-state index contributed by atoms with van der Waals surface area (Å²) in [5.41, 5.74) is -2.98. The number of rotatable bonds is 4. The van der Waals surface area contributed by atoms with E-state index in [4.69, 9.17) is 4.74 Å². The lowest BCUT2D eigenvalue weighted by Gasteiger charge is -2.38. The van der Waals surface area contributed by atoms with Crippen LogP contribution in [0.5, 0.6) is 0 Å². The topological polar surface area (TPSA) is 111 Å². The second kappa shape index (κ2) is 9.38. The van der Waals surface area contributed by atoms with Crippen LogP contribution >= 0.6 is 0 Å². The lowest BCUT2D eigenvalue weighted by Crippen LogP contribution is -2.48. The number of benzene rings is 1. The SMILES string of the molecule is O=C(O)c1cn([C@H]2CC[C@H](N3CCCOC3=O)CC2)c(=O)n([C@@H]2CCc3c2cccc3C(F)(F)F)c1=O. The molecule has 0 unspecified atom stereocenters. The van der Waals surface area contributed by atoms with E-state index in [0.29, 0.717) is 38.8 Å². The molecule has 1 aromatic heterocycles. The number of aromatic carboxylic acids is 1. The molecule has 2 fully saturated rings. The van der Waals surface area contributed by atoms with Gasteiger partial charge in [-0.2, -0.15) is 13.2 Å². The summed E-state index contributed by atoms with van der Waals surface area (Å²) in [6.45, 7) is 0.970. The summed E-state index contributed by atoms with van der Waals surface area (Å²) in [7, 11) is 0. The molecule has 5 rings (SSSR count). The normalized spacial score (nSPS) is 24.0. The molecule has 0 bridgehead atoms. The zero-order chi connectivity index (χ0) is 26.5. The highest BCUT2D eigenvalue weighted by Gasteiger charge is 2.39. The van der Waals surface area contributed by atoms with Gasteiger partial charge in [-0.3, -0.25) is 13.9 Å². The number of carboxylic acid groups (broad SMARTS) is 1. The van der Waals surface area contributed by atoms with E-state index in [0.717, 1.165) is 23.3 Å². The molecule has 12 heteroatoms. The van der Waals surface area contributed by atoms with E-state index >= 15 is 0 Å². The number of hydrogen-bond donors (Lipinski definition) is 1. The van der Waals surface area contributed by atoms with Crippen molar-refractivity contribution in [3.63, 3.8) is 0 Å². The van der Waals surface area contributed by atoms with Crippen LogP contribution in [0.25, 0.3) is 0 Å². The fourth-order valence-corrected chi connectivity index (χ4v) is 5.99. The lowest BCUT2D eigenvalue weighted by molar-refractivity contribution is -0.138. The van der Waals surface area contributed by atoms with Gasteiger partial charge >= 0.3 is 23.9 Å². The van der Waals surface area contributed by atoms with Crippen LogP contribution in [-0.4, -0.2) is 50.4 Å². The molecule has 0 spiro atoms. The predicted octanol–water partition coefficient (Wildman–Crippen LogP) is 3.59. The third-order valence-corrected chi connectivity index (χ3v) is 7.73. The first kappa shape index (κ1) is 25.1. The van der Waals surface area contributed by atoms with Gasteiger partial charge < -0.3 is 14.7 Å². The average molecular weight is 521 g/mol. The second-order valence-electron chi connectivity index (χ2n) is 9.76. The summed E-state index contributed by atoms with van der Waals surface area (Å²) >= 11 is 0. The Morgan fingerprint density at radius 1 is 1.03 bits per heavy atom. The number of ether oxygens (including phenoxy) is 1. The van der Waals surface area contributed by atoms with E-state index in [9.17, 15) is 37.5 Å². The molecule has 1 amide bonds. The molecule has 1 aromatic carbocycles. The molecule has 2 heterocycles. The standard InChI is InChI=1S/C25H26F3N3O6/c26-25(27,28)19-4-1-3-17-16(19)9-10-20(17)31-21(32)18(22(33)34)13-30(23(31)35)15-7-5-14(6-8-15)29-11-2-12-37-24(29)36/h1,3-4,13-15,20H,2,5-12H2,(H,33,34)/t14-,15-,20-/m1/s1. The van der Waals surface area contributed by atoms with Crippen LogP contribution in [0, 0.1) is 0 Å². The number of halogens is 3. The summed E-state index contributed by atoms with van der Waals surface area (Å²) in [5, 5.41) is 9.70. The maximum absolute atomic E-state index is 13.6. The number of fused-ring (bicyclic) bond motifs is 1. The number of carbonyl (C=O) groups excluding carboxylic acids is 1. The molecule has 2 aliphatic carbocycles. The van der Waals surface area contributed by atoms with E-state index in [1.165, 1.54) is 16.7 Å². The number of nitrogens with zero attached hydrogens (tertiary/aromatic N) is 3. The van der Waals surface area contributed by atoms with Crippen molar-refractivity contribution in [1.82, 2.24) is 14.0 Å². The first-order chi connectivity index (χ1) is 17.6. The Balaban J connectivity index is 1.51. The third-order valence-electron chi connectivity index (χ3n) is 7.73. The minimum atomic E-state index is -4.59. The summed E-state index contributed by atoms with van der Waals surface area (Å²) in [6, 6.07) is 2.17. The predicted molar refractivity (Wildman–Crippen MR) is 124 cm³/mol. The molecule has 1 saturated carbocycles. The van der Waals surface area contributed by atoms with Crippen LogP contribution in [0.2, 0.25) is 0 Å². The second-order valence-corrected chi connectivity index (χ2v) is 9.76. The van der Waals surface area contributed by atoms with E-state index in [1.807, 2.05) is 0 Å². The maximum atomic E-state index is 13.6. The van der Waals surface area contributed by atoms with Gasteiger partial charge in [-0.05, 0) is 62.1 Å². The summed E-state index contributed by atoms with van der Waals surface area (Å²) in [6.07, 6.45) is -1.04. The van der Waals surface area contributed by atoms with Crippen LogP contribution in [0.15, 0.2) is 34.0 Å². The summed E-state index contributed by atoms with van der Waals surface area (Å²) in [4.78, 5) is 52.4. The lowest BCUT2D eigenvalue weighted by atomic mass is 9.89. The number of aromatic nitrogens is 2.